The van der Waals surface area contributed by atoms with Crippen molar-refractivity contribution in [2.45, 2.75) is 13.8 Å². The normalized spacial score (nSPS) is 10.3. The van der Waals surface area contributed by atoms with Crippen LogP contribution < -0.4 is 15.6 Å². The third-order valence-corrected chi connectivity index (χ3v) is 3.61. The van der Waals surface area contributed by atoms with Crippen molar-refractivity contribution in [2.75, 3.05) is 6.61 Å². The summed E-state index contributed by atoms with van der Waals surface area (Å²) in [6, 6.07) is 10.4. The minimum atomic E-state index is -0.413. The molecular weight excluding hydrogens is 300 g/mol. The summed E-state index contributed by atoms with van der Waals surface area (Å²) in [7, 11) is 0. The molecule has 0 aliphatic heterocycles. The molecule has 0 spiro atoms. The van der Waals surface area contributed by atoms with Gasteiger partial charge in [-0.3, -0.25) is 20.4 Å². The van der Waals surface area contributed by atoms with Crippen LogP contribution in [0.5, 0.6) is 5.75 Å². The first-order chi connectivity index (χ1) is 10.6. The van der Waals surface area contributed by atoms with Crippen molar-refractivity contribution in [1.29, 1.82) is 0 Å². The topological polar surface area (TPSA) is 67.4 Å². The molecule has 0 bridgehead atoms. The third kappa shape index (κ3) is 4.33. The van der Waals surface area contributed by atoms with E-state index in [9.17, 15) is 9.59 Å². The minimum Gasteiger partial charge on any atom is -0.492 e. The molecule has 2 N–H and O–H groups in total. The summed E-state index contributed by atoms with van der Waals surface area (Å²) in [4.78, 5) is 24.5. The van der Waals surface area contributed by atoms with E-state index in [0.717, 1.165) is 0 Å². The highest BCUT2D eigenvalue weighted by Crippen LogP contribution is 2.18. The molecule has 2 amide bonds. The summed E-state index contributed by atoms with van der Waals surface area (Å²) >= 11 is 1.30. The number of rotatable bonds is 5. The molecule has 2 aromatic rings. The van der Waals surface area contributed by atoms with Crippen LogP contribution in [-0.2, 0) is 0 Å². The molecule has 6 heteroatoms. The molecular formula is C16H18N2O3S. The number of benzene rings is 1. The number of nitrogens with one attached hydrogen (secondary N) is 2. The zero-order chi connectivity index (χ0) is 15.9. The number of carbonyl (C=O) groups excluding carboxylic acids is 2. The molecule has 116 valence electrons. The van der Waals surface area contributed by atoms with Gasteiger partial charge in [-0.2, -0.15) is 0 Å². The average molecular weight is 318 g/mol. The van der Waals surface area contributed by atoms with Crippen molar-refractivity contribution in [3.63, 3.8) is 0 Å². The first-order valence-corrected chi connectivity index (χ1v) is 7.82. The van der Waals surface area contributed by atoms with Gasteiger partial charge in [0.2, 0.25) is 0 Å². The number of amides is 2. The number of para-hydroxylation sites is 1. The van der Waals surface area contributed by atoms with Crippen molar-refractivity contribution in [1.82, 2.24) is 10.9 Å². The fourth-order valence-corrected chi connectivity index (χ4v) is 2.31. The van der Waals surface area contributed by atoms with E-state index in [1.807, 2.05) is 13.8 Å². The number of hydrazine groups is 1. The number of hydrogen-bond donors (Lipinski definition) is 2. The molecule has 1 heterocycles. The molecule has 0 radical (unpaired) electrons. The Morgan fingerprint density at radius 2 is 1.82 bits per heavy atom. The summed E-state index contributed by atoms with van der Waals surface area (Å²) in [5.74, 6) is 0.0990. The maximum atomic E-state index is 12.2. The second-order valence-electron chi connectivity index (χ2n) is 5.09. The quantitative estimate of drug-likeness (QED) is 0.833. The molecule has 0 atom stereocenters. The van der Waals surface area contributed by atoms with Gasteiger partial charge in [-0.1, -0.05) is 32.0 Å². The third-order valence-electron chi connectivity index (χ3n) is 2.74. The van der Waals surface area contributed by atoms with Gasteiger partial charge in [-0.05, 0) is 29.5 Å². The molecule has 1 aromatic heterocycles. The Labute approximate surface area is 133 Å². The Bertz CT molecular complexity index is 639. The van der Waals surface area contributed by atoms with Gasteiger partial charge >= 0.3 is 0 Å². The Kier molecular flexibility index (Phi) is 5.55. The molecule has 0 aliphatic carbocycles. The van der Waals surface area contributed by atoms with E-state index in [0.29, 0.717) is 28.7 Å². The second kappa shape index (κ2) is 7.61. The number of thiophene rings is 1. The first kappa shape index (κ1) is 16.0. The second-order valence-corrected chi connectivity index (χ2v) is 6.03. The standard InChI is InChI=1S/C16H18N2O3S/c1-11(2)10-21-13-7-4-3-6-12(13)15(19)17-18-16(20)14-8-5-9-22-14/h3-9,11H,10H2,1-2H3,(H,17,19)(H,18,20). The van der Waals surface area contributed by atoms with E-state index in [1.165, 1.54) is 11.3 Å². The van der Waals surface area contributed by atoms with Crippen molar-refractivity contribution in [2.24, 2.45) is 5.92 Å². The Hall–Kier alpha value is -2.34. The van der Waals surface area contributed by atoms with E-state index >= 15 is 0 Å². The van der Waals surface area contributed by atoms with E-state index in [4.69, 9.17) is 4.74 Å². The Morgan fingerprint density at radius 1 is 1.09 bits per heavy atom. The predicted molar refractivity (Wildman–Crippen MR) is 86.0 cm³/mol. The van der Waals surface area contributed by atoms with E-state index in [-0.39, 0.29) is 5.91 Å². The van der Waals surface area contributed by atoms with E-state index < -0.39 is 5.91 Å². The van der Waals surface area contributed by atoms with Gasteiger partial charge in [-0.15, -0.1) is 11.3 Å². The SMILES string of the molecule is CC(C)COc1ccccc1C(=O)NNC(=O)c1cccs1. The van der Waals surface area contributed by atoms with Gasteiger partial charge in [0, 0.05) is 0 Å². The lowest BCUT2D eigenvalue weighted by molar-refractivity contribution is 0.0846. The van der Waals surface area contributed by atoms with Crippen LogP contribution in [0.15, 0.2) is 41.8 Å². The smallest absolute Gasteiger partial charge is 0.279 e. The molecule has 0 saturated heterocycles. The number of carbonyl (C=O) groups is 2. The summed E-state index contributed by atoms with van der Waals surface area (Å²) in [6.45, 7) is 4.58. The van der Waals surface area contributed by atoms with Gasteiger partial charge in [-0.25, -0.2) is 0 Å². The predicted octanol–water partition coefficient (Wildman–Crippen LogP) is 2.86. The summed E-state index contributed by atoms with van der Waals surface area (Å²) in [5.41, 5.74) is 5.18. The van der Waals surface area contributed by atoms with Crippen molar-refractivity contribution < 1.29 is 14.3 Å². The minimum absolute atomic E-state index is 0.344. The van der Waals surface area contributed by atoms with Crippen molar-refractivity contribution in [3.05, 3.63) is 52.2 Å². The Balaban J connectivity index is 1.98. The van der Waals surface area contributed by atoms with Crippen LogP contribution in [0.2, 0.25) is 0 Å². The summed E-state index contributed by atoms with van der Waals surface area (Å²) < 4.78 is 5.63. The first-order valence-electron chi connectivity index (χ1n) is 6.94. The summed E-state index contributed by atoms with van der Waals surface area (Å²) in [5, 5.41) is 1.80. The van der Waals surface area contributed by atoms with Crippen LogP contribution in [0, 0.1) is 5.92 Å². The van der Waals surface area contributed by atoms with Crippen LogP contribution in [0.25, 0.3) is 0 Å². The van der Waals surface area contributed by atoms with Gasteiger partial charge in [0.25, 0.3) is 11.8 Å². The molecule has 0 saturated carbocycles. The maximum Gasteiger partial charge on any atom is 0.279 e. The highest BCUT2D eigenvalue weighted by atomic mass is 32.1. The monoisotopic (exact) mass is 318 g/mol. The molecule has 1 aromatic carbocycles. The van der Waals surface area contributed by atoms with Crippen LogP contribution in [0.1, 0.15) is 33.9 Å². The van der Waals surface area contributed by atoms with Crippen LogP contribution in [-0.4, -0.2) is 18.4 Å². The number of ether oxygens (including phenoxy) is 1. The highest BCUT2D eigenvalue weighted by molar-refractivity contribution is 7.12. The van der Waals surface area contributed by atoms with Crippen LogP contribution >= 0.6 is 11.3 Å². The Morgan fingerprint density at radius 3 is 2.50 bits per heavy atom. The van der Waals surface area contributed by atoms with Crippen LogP contribution in [0.3, 0.4) is 0 Å². The molecule has 5 nitrogen and oxygen atoms in total. The van der Waals surface area contributed by atoms with Crippen LogP contribution in [0.4, 0.5) is 0 Å². The van der Waals surface area contributed by atoms with Gasteiger partial charge < -0.3 is 4.74 Å². The largest absolute Gasteiger partial charge is 0.492 e. The summed E-state index contributed by atoms with van der Waals surface area (Å²) in [6.07, 6.45) is 0. The van der Waals surface area contributed by atoms with Gasteiger partial charge in [0.1, 0.15) is 5.75 Å². The fraction of sp³-hybridized carbons (Fsp3) is 0.250. The maximum absolute atomic E-state index is 12.2. The lowest BCUT2D eigenvalue weighted by Gasteiger charge is -2.13. The molecule has 22 heavy (non-hydrogen) atoms. The number of hydrogen-bond acceptors (Lipinski definition) is 4. The van der Waals surface area contributed by atoms with E-state index in [1.54, 1.807) is 41.8 Å². The lowest BCUT2D eigenvalue weighted by Crippen LogP contribution is -2.41. The zero-order valence-corrected chi connectivity index (χ0v) is 13.3. The van der Waals surface area contributed by atoms with Gasteiger partial charge in [0.05, 0.1) is 17.0 Å². The lowest BCUT2D eigenvalue weighted by atomic mass is 10.2. The van der Waals surface area contributed by atoms with Gasteiger partial charge in [0.15, 0.2) is 0 Å². The van der Waals surface area contributed by atoms with E-state index in [2.05, 4.69) is 10.9 Å². The fourth-order valence-electron chi connectivity index (χ4n) is 1.69. The molecule has 0 unspecified atom stereocenters. The molecule has 2 rings (SSSR count). The average Bonchev–Trinajstić information content (AvgIpc) is 3.05. The molecule has 0 fully saturated rings. The van der Waals surface area contributed by atoms with Crippen molar-refractivity contribution >= 4 is 23.2 Å². The highest BCUT2D eigenvalue weighted by Gasteiger charge is 2.14. The van der Waals surface area contributed by atoms with Crippen molar-refractivity contribution in [3.8, 4) is 5.75 Å². The zero-order valence-electron chi connectivity index (χ0n) is 12.5. The molecule has 0 aliphatic rings.